The number of aliphatic hydroxyl groups excluding tert-OH is 2. The van der Waals surface area contributed by atoms with E-state index < -0.39 is 42.0 Å². The summed E-state index contributed by atoms with van der Waals surface area (Å²) in [5, 5.41) is 18.6. The summed E-state index contributed by atoms with van der Waals surface area (Å²) in [6.07, 6.45) is -3.01. The van der Waals surface area contributed by atoms with Crippen molar-refractivity contribution in [3.8, 4) is 0 Å². The Morgan fingerprint density at radius 1 is 1.61 bits per heavy atom. The van der Waals surface area contributed by atoms with E-state index in [1.165, 1.54) is 0 Å². The second-order valence-corrected chi connectivity index (χ2v) is 4.32. The first-order valence-corrected chi connectivity index (χ1v) is 5.32. The molecule has 0 saturated carbocycles. The predicted molar refractivity (Wildman–Crippen MR) is 57.8 cm³/mol. The van der Waals surface area contributed by atoms with Crippen LogP contribution in [0.2, 0.25) is 0 Å². The van der Waals surface area contributed by atoms with Crippen molar-refractivity contribution in [1.29, 1.82) is 0 Å². The van der Waals surface area contributed by atoms with Gasteiger partial charge in [0, 0.05) is 12.3 Å². The summed E-state index contributed by atoms with van der Waals surface area (Å²) in [6.45, 7) is 0.491. The van der Waals surface area contributed by atoms with Crippen LogP contribution in [0, 0.1) is 0 Å². The van der Waals surface area contributed by atoms with Gasteiger partial charge >= 0.3 is 5.69 Å². The molecule has 0 amide bonds. The Kier molecular flexibility index (Phi) is 3.09. The monoisotopic (exact) mass is 260 g/mol. The smallest absolute Gasteiger partial charge is 0.330 e. The van der Waals surface area contributed by atoms with Crippen LogP contribution in [-0.2, 0) is 4.74 Å². The van der Waals surface area contributed by atoms with Crippen molar-refractivity contribution in [2.45, 2.75) is 31.0 Å². The van der Waals surface area contributed by atoms with Crippen LogP contribution in [0.1, 0.15) is 13.2 Å². The lowest BCUT2D eigenvalue weighted by Crippen LogP contribution is -2.43. The first kappa shape index (κ1) is 12.9. The predicted octanol–water partition coefficient (Wildman–Crippen LogP) is -1.48. The third-order valence-corrected chi connectivity index (χ3v) is 3.00. The number of halogens is 1. The number of hydrogen-bond donors (Lipinski definition) is 3. The molecule has 1 fully saturated rings. The van der Waals surface area contributed by atoms with Crippen molar-refractivity contribution in [3.05, 3.63) is 33.1 Å². The van der Waals surface area contributed by atoms with Crippen molar-refractivity contribution >= 4 is 0 Å². The molecule has 1 aromatic rings. The Morgan fingerprint density at radius 2 is 2.28 bits per heavy atom. The average molecular weight is 260 g/mol. The molecule has 1 aliphatic rings. The van der Waals surface area contributed by atoms with Crippen molar-refractivity contribution in [2.75, 3.05) is 6.61 Å². The molecule has 1 aliphatic heterocycles. The molecule has 0 radical (unpaired) electrons. The highest BCUT2D eigenvalue weighted by molar-refractivity contribution is 5.01. The van der Waals surface area contributed by atoms with Gasteiger partial charge in [-0.25, -0.2) is 9.18 Å². The van der Waals surface area contributed by atoms with Crippen LogP contribution in [0.5, 0.6) is 0 Å². The Morgan fingerprint density at radius 3 is 2.78 bits per heavy atom. The lowest BCUT2D eigenvalue weighted by atomic mass is 9.98. The maximum absolute atomic E-state index is 14.3. The van der Waals surface area contributed by atoms with Crippen molar-refractivity contribution < 1.29 is 19.3 Å². The van der Waals surface area contributed by atoms with Crippen LogP contribution in [0.4, 0.5) is 4.39 Å². The second-order valence-electron chi connectivity index (χ2n) is 4.32. The maximum Gasteiger partial charge on any atom is 0.330 e. The third-order valence-electron chi connectivity index (χ3n) is 3.00. The molecule has 2 rings (SSSR count). The molecule has 8 heteroatoms. The lowest BCUT2D eigenvalue weighted by molar-refractivity contribution is -0.0611. The molecule has 1 unspecified atom stereocenters. The minimum Gasteiger partial charge on any atom is -0.394 e. The number of ether oxygens (including phenoxy) is 1. The van der Waals surface area contributed by atoms with Gasteiger partial charge in [-0.15, -0.1) is 0 Å². The lowest BCUT2D eigenvalue weighted by Gasteiger charge is -2.24. The van der Waals surface area contributed by atoms with Crippen LogP contribution in [0.3, 0.4) is 0 Å². The molecule has 2 heterocycles. The van der Waals surface area contributed by atoms with E-state index in [1.54, 1.807) is 0 Å². The number of alkyl halides is 1. The van der Waals surface area contributed by atoms with Gasteiger partial charge in [-0.2, -0.15) is 0 Å². The van der Waals surface area contributed by atoms with Gasteiger partial charge in [-0.05, 0) is 6.92 Å². The van der Waals surface area contributed by atoms with E-state index in [0.29, 0.717) is 0 Å². The largest absolute Gasteiger partial charge is 0.394 e. The fourth-order valence-corrected chi connectivity index (χ4v) is 1.97. The minimum atomic E-state index is -2.25. The van der Waals surface area contributed by atoms with Crippen LogP contribution in [-0.4, -0.2) is 44.2 Å². The van der Waals surface area contributed by atoms with E-state index in [4.69, 9.17) is 9.84 Å². The Bertz CT molecular complexity index is 552. The highest BCUT2D eigenvalue weighted by Gasteiger charge is 2.54. The molecule has 3 N–H and O–H groups in total. The Hall–Kier alpha value is -1.51. The van der Waals surface area contributed by atoms with Gasteiger partial charge in [0.1, 0.15) is 12.2 Å². The van der Waals surface area contributed by atoms with Gasteiger partial charge in [-0.3, -0.25) is 14.3 Å². The van der Waals surface area contributed by atoms with E-state index in [1.807, 2.05) is 4.98 Å². The minimum absolute atomic E-state index is 0.574. The van der Waals surface area contributed by atoms with E-state index in [9.17, 15) is 19.1 Å². The molecule has 0 spiro atoms. The number of H-pyrrole nitrogens is 1. The molecule has 7 nitrogen and oxygen atoms in total. The van der Waals surface area contributed by atoms with Gasteiger partial charge in [0.05, 0.1) is 6.61 Å². The molecule has 0 aliphatic carbocycles. The van der Waals surface area contributed by atoms with E-state index >= 15 is 0 Å². The van der Waals surface area contributed by atoms with Crippen LogP contribution >= 0.6 is 0 Å². The van der Waals surface area contributed by atoms with Gasteiger partial charge in [0.2, 0.25) is 0 Å². The average Bonchev–Trinajstić information content (AvgIpc) is 2.52. The molecule has 18 heavy (non-hydrogen) atoms. The topological polar surface area (TPSA) is 105 Å². The molecule has 0 aromatic carbocycles. The summed E-state index contributed by atoms with van der Waals surface area (Å²) in [4.78, 5) is 24.4. The summed E-state index contributed by atoms with van der Waals surface area (Å²) in [7, 11) is 0. The summed E-state index contributed by atoms with van der Waals surface area (Å²) in [5.74, 6) is 0. The second kappa shape index (κ2) is 4.30. The van der Waals surface area contributed by atoms with Crippen molar-refractivity contribution in [3.63, 3.8) is 0 Å². The van der Waals surface area contributed by atoms with Crippen molar-refractivity contribution in [2.24, 2.45) is 0 Å². The van der Waals surface area contributed by atoms with Gasteiger partial charge in [0.15, 0.2) is 11.9 Å². The van der Waals surface area contributed by atoms with Gasteiger partial charge in [-0.1, -0.05) is 0 Å². The summed E-state index contributed by atoms with van der Waals surface area (Å²) >= 11 is 0. The van der Waals surface area contributed by atoms with Crippen molar-refractivity contribution in [1.82, 2.24) is 9.55 Å². The highest BCUT2D eigenvalue weighted by Crippen LogP contribution is 2.40. The highest BCUT2D eigenvalue weighted by atomic mass is 19.1. The summed E-state index contributed by atoms with van der Waals surface area (Å²) < 4.78 is 20.3. The fourth-order valence-electron chi connectivity index (χ4n) is 1.97. The first-order chi connectivity index (χ1) is 8.37. The van der Waals surface area contributed by atoms with E-state index in [2.05, 4.69) is 0 Å². The van der Waals surface area contributed by atoms with E-state index in [-0.39, 0.29) is 0 Å². The summed E-state index contributed by atoms with van der Waals surface area (Å²) in [6, 6.07) is 1.04. The number of aromatic nitrogens is 2. The normalized spacial score (nSPS) is 35.9. The number of hydrogen-bond acceptors (Lipinski definition) is 5. The maximum atomic E-state index is 14.3. The Balaban J connectivity index is 2.45. The molecule has 1 aromatic heterocycles. The molecular formula is C10H13FN2O5. The van der Waals surface area contributed by atoms with Crippen LogP contribution < -0.4 is 11.2 Å². The van der Waals surface area contributed by atoms with E-state index in [0.717, 1.165) is 23.8 Å². The molecule has 0 bridgehead atoms. The molecule has 4 atom stereocenters. The zero-order chi connectivity index (χ0) is 13.5. The standard InChI is InChI=1S/C10H13FN2O5/c1-10(11)7(16)5(4-14)18-8(10)13-3-2-6(15)12-9(13)17/h2-3,5,7-8,14,16H,4H2,1H3,(H,12,15,17)/t5-,7?,8-,10+/m1/s1. The number of nitrogens with zero attached hydrogens (tertiary/aromatic N) is 1. The van der Waals surface area contributed by atoms with Crippen LogP contribution in [0.15, 0.2) is 21.9 Å². The zero-order valence-corrected chi connectivity index (χ0v) is 9.54. The molecule has 1 saturated heterocycles. The van der Waals surface area contributed by atoms with Gasteiger partial charge in [0.25, 0.3) is 5.56 Å². The van der Waals surface area contributed by atoms with Gasteiger partial charge < -0.3 is 14.9 Å². The van der Waals surface area contributed by atoms with Crippen LogP contribution in [0.25, 0.3) is 0 Å². The number of nitrogens with one attached hydrogen (secondary N) is 1. The fraction of sp³-hybridized carbons (Fsp3) is 0.600. The molecule has 100 valence electrons. The zero-order valence-electron chi connectivity index (χ0n) is 9.54. The quantitative estimate of drug-likeness (QED) is 0.601. The number of aliphatic hydroxyl groups is 2. The summed E-state index contributed by atoms with van der Waals surface area (Å²) in [5.41, 5.74) is -3.72. The SMILES string of the molecule is C[C@]1(F)C(O)[C@@H](CO)O[C@H]1n1ccc(=O)[nH]c1=O. The number of rotatable bonds is 2. The Labute approximate surface area is 100 Å². The first-order valence-electron chi connectivity index (χ1n) is 5.32. The third kappa shape index (κ3) is 1.88. The molecular weight excluding hydrogens is 247 g/mol. The number of aromatic amines is 1.